The molecule has 1 saturated carbocycles. The Labute approximate surface area is 181 Å². The molecular weight excluding hydrogens is 372 g/mol. The van der Waals surface area contributed by atoms with Gasteiger partial charge in [0.1, 0.15) is 0 Å². The quantitative estimate of drug-likeness (QED) is 0.729. The highest BCUT2D eigenvalue weighted by atomic mass is 16.2. The van der Waals surface area contributed by atoms with E-state index in [0.717, 1.165) is 56.8 Å². The van der Waals surface area contributed by atoms with Gasteiger partial charge in [-0.05, 0) is 69.3 Å². The van der Waals surface area contributed by atoms with Gasteiger partial charge in [0.25, 0.3) is 0 Å². The second kappa shape index (κ2) is 8.98. The van der Waals surface area contributed by atoms with E-state index < -0.39 is 0 Å². The Balaban J connectivity index is 1.22. The number of rotatable bonds is 7. The van der Waals surface area contributed by atoms with Gasteiger partial charge in [-0.1, -0.05) is 30.3 Å². The molecule has 2 saturated heterocycles. The highest BCUT2D eigenvalue weighted by molar-refractivity contribution is 5.74. The first-order valence-corrected chi connectivity index (χ1v) is 11.7. The van der Waals surface area contributed by atoms with Crippen molar-refractivity contribution in [2.75, 3.05) is 26.2 Å². The third kappa shape index (κ3) is 4.64. The van der Waals surface area contributed by atoms with Crippen LogP contribution in [0.25, 0.3) is 0 Å². The molecule has 2 amide bonds. The lowest BCUT2D eigenvalue weighted by molar-refractivity contribution is -0.0467. The number of nitrogens with zero attached hydrogens (tertiary/aromatic N) is 3. The van der Waals surface area contributed by atoms with Crippen molar-refractivity contribution in [3.8, 4) is 6.07 Å². The van der Waals surface area contributed by atoms with Crippen LogP contribution in [-0.4, -0.2) is 53.6 Å². The molecule has 4 rings (SSSR count). The van der Waals surface area contributed by atoms with Gasteiger partial charge in [-0.15, -0.1) is 0 Å². The number of nitrogens with one attached hydrogen (secondary N) is 1. The van der Waals surface area contributed by atoms with Crippen LogP contribution < -0.4 is 5.32 Å². The fourth-order valence-electron chi connectivity index (χ4n) is 5.48. The van der Waals surface area contributed by atoms with E-state index in [0.29, 0.717) is 6.42 Å². The molecule has 2 atom stereocenters. The Kier molecular flexibility index (Phi) is 6.34. The number of benzene rings is 1. The number of hydrogen-bond donors (Lipinski definition) is 1. The van der Waals surface area contributed by atoms with Gasteiger partial charge < -0.3 is 10.2 Å². The van der Waals surface area contributed by atoms with E-state index in [9.17, 15) is 10.1 Å². The number of urea groups is 1. The van der Waals surface area contributed by atoms with Crippen molar-refractivity contribution in [3.05, 3.63) is 35.9 Å². The average Bonchev–Trinajstić information content (AvgIpc) is 3.47. The molecule has 5 nitrogen and oxygen atoms in total. The topological polar surface area (TPSA) is 59.4 Å². The summed E-state index contributed by atoms with van der Waals surface area (Å²) < 4.78 is 0. The number of piperidine rings is 1. The van der Waals surface area contributed by atoms with Crippen molar-refractivity contribution >= 4 is 6.03 Å². The van der Waals surface area contributed by atoms with Gasteiger partial charge >= 0.3 is 6.03 Å². The summed E-state index contributed by atoms with van der Waals surface area (Å²) >= 11 is 0. The smallest absolute Gasteiger partial charge is 0.317 e. The normalized spacial score (nSPS) is 26.1. The average molecular weight is 409 g/mol. The number of carbonyl (C=O) groups is 1. The minimum absolute atomic E-state index is 0.0218. The summed E-state index contributed by atoms with van der Waals surface area (Å²) in [6.45, 7) is 7.74. The van der Waals surface area contributed by atoms with E-state index in [2.05, 4.69) is 46.6 Å². The van der Waals surface area contributed by atoms with Gasteiger partial charge in [-0.2, -0.15) is 5.26 Å². The zero-order chi connectivity index (χ0) is 21.1. The van der Waals surface area contributed by atoms with Crippen LogP contribution in [0, 0.1) is 23.2 Å². The number of likely N-dealkylation sites (tertiary alicyclic amines) is 2. The fourth-order valence-corrected chi connectivity index (χ4v) is 5.48. The maximum absolute atomic E-state index is 12.3. The second-order valence-corrected chi connectivity index (χ2v) is 10.0. The number of nitriles is 1. The van der Waals surface area contributed by atoms with E-state index in [1.807, 2.05) is 18.7 Å². The van der Waals surface area contributed by atoms with Crippen molar-refractivity contribution in [3.63, 3.8) is 0 Å². The summed E-state index contributed by atoms with van der Waals surface area (Å²) in [7, 11) is 0. The van der Waals surface area contributed by atoms with Crippen molar-refractivity contribution in [2.24, 2.45) is 11.8 Å². The standard InChI is InChI=1S/C25H36N4O/c1-19(2)27-24(30)28-14-11-25(10-13-26,12-15-28)29-17-20(18-29)8-9-22-16-23(22)21-6-4-3-5-7-21/h3-7,19-20,22-23H,8-12,14-18H2,1-2H3,(H,27,30). The van der Waals surface area contributed by atoms with E-state index >= 15 is 0 Å². The van der Waals surface area contributed by atoms with Crippen LogP contribution in [-0.2, 0) is 0 Å². The van der Waals surface area contributed by atoms with Crippen molar-refractivity contribution < 1.29 is 4.79 Å². The second-order valence-electron chi connectivity index (χ2n) is 10.0. The third-order valence-corrected chi connectivity index (χ3v) is 7.53. The molecule has 1 N–H and O–H groups in total. The Morgan fingerprint density at radius 3 is 2.53 bits per heavy atom. The molecule has 3 aliphatic rings. The largest absolute Gasteiger partial charge is 0.336 e. The summed E-state index contributed by atoms with van der Waals surface area (Å²) in [5.74, 6) is 2.44. The molecule has 2 aliphatic heterocycles. The maximum Gasteiger partial charge on any atom is 0.317 e. The highest BCUT2D eigenvalue weighted by Crippen LogP contribution is 2.51. The third-order valence-electron chi connectivity index (χ3n) is 7.53. The molecule has 1 aromatic carbocycles. The lowest BCUT2D eigenvalue weighted by Crippen LogP contribution is -2.64. The molecule has 1 aliphatic carbocycles. The van der Waals surface area contributed by atoms with E-state index in [1.54, 1.807) is 0 Å². The highest BCUT2D eigenvalue weighted by Gasteiger charge is 2.46. The van der Waals surface area contributed by atoms with E-state index in [-0.39, 0.29) is 17.6 Å². The first-order valence-electron chi connectivity index (χ1n) is 11.7. The molecule has 3 fully saturated rings. The van der Waals surface area contributed by atoms with Crippen LogP contribution in [0.5, 0.6) is 0 Å². The van der Waals surface area contributed by atoms with Crippen LogP contribution in [0.15, 0.2) is 30.3 Å². The molecule has 2 heterocycles. The van der Waals surface area contributed by atoms with E-state index in [4.69, 9.17) is 0 Å². The molecule has 0 spiro atoms. The number of hydrogen-bond acceptors (Lipinski definition) is 3. The SMILES string of the molecule is CC(C)NC(=O)N1CCC(CC#N)(N2CC(CCC3CC3c3ccccc3)C2)CC1. The summed E-state index contributed by atoms with van der Waals surface area (Å²) in [5.41, 5.74) is 1.49. The zero-order valence-corrected chi connectivity index (χ0v) is 18.5. The Morgan fingerprint density at radius 1 is 1.20 bits per heavy atom. The molecule has 0 bridgehead atoms. The summed E-state index contributed by atoms with van der Waals surface area (Å²) in [6.07, 6.45) is 6.42. The van der Waals surface area contributed by atoms with Crippen LogP contribution in [0.3, 0.4) is 0 Å². The fraction of sp³-hybridized carbons (Fsp3) is 0.680. The van der Waals surface area contributed by atoms with Crippen LogP contribution in [0.1, 0.15) is 63.9 Å². The predicted octanol–water partition coefficient (Wildman–Crippen LogP) is 4.37. The first-order chi connectivity index (χ1) is 14.5. The summed E-state index contributed by atoms with van der Waals surface area (Å²) in [6, 6.07) is 13.6. The Hall–Kier alpha value is -2.06. The summed E-state index contributed by atoms with van der Waals surface area (Å²) in [4.78, 5) is 16.8. The molecule has 162 valence electrons. The molecule has 0 radical (unpaired) electrons. The van der Waals surface area contributed by atoms with Gasteiger partial charge in [0.2, 0.25) is 0 Å². The number of carbonyl (C=O) groups excluding carboxylic acids is 1. The van der Waals surface area contributed by atoms with Gasteiger partial charge in [0, 0.05) is 37.8 Å². The lowest BCUT2D eigenvalue weighted by Gasteiger charge is -2.54. The molecule has 30 heavy (non-hydrogen) atoms. The van der Waals surface area contributed by atoms with Gasteiger partial charge in [0.15, 0.2) is 0 Å². The molecule has 2 unspecified atom stereocenters. The number of amides is 2. The van der Waals surface area contributed by atoms with Crippen molar-refractivity contribution in [1.82, 2.24) is 15.1 Å². The Morgan fingerprint density at radius 2 is 1.90 bits per heavy atom. The van der Waals surface area contributed by atoms with Crippen LogP contribution >= 0.6 is 0 Å². The minimum atomic E-state index is -0.0218. The lowest BCUT2D eigenvalue weighted by atomic mass is 9.78. The zero-order valence-electron chi connectivity index (χ0n) is 18.5. The van der Waals surface area contributed by atoms with E-state index in [1.165, 1.54) is 24.8 Å². The maximum atomic E-state index is 12.3. The Bertz CT molecular complexity index is 757. The predicted molar refractivity (Wildman–Crippen MR) is 119 cm³/mol. The minimum Gasteiger partial charge on any atom is -0.336 e. The molecule has 1 aromatic rings. The monoisotopic (exact) mass is 408 g/mol. The first kappa shape index (κ1) is 21.2. The molecular formula is C25H36N4O. The van der Waals surface area contributed by atoms with Crippen LogP contribution in [0.2, 0.25) is 0 Å². The summed E-state index contributed by atoms with van der Waals surface area (Å²) in [5, 5.41) is 12.5. The molecule has 5 heteroatoms. The van der Waals surface area contributed by atoms with Crippen LogP contribution in [0.4, 0.5) is 4.79 Å². The van der Waals surface area contributed by atoms with Crippen molar-refractivity contribution in [1.29, 1.82) is 5.26 Å². The van der Waals surface area contributed by atoms with Crippen molar-refractivity contribution in [2.45, 2.75) is 69.9 Å². The van der Waals surface area contributed by atoms with Gasteiger partial charge in [-0.3, -0.25) is 4.90 Å². The van der Waals surface area contributed by atoms with Gasteiger partial charge in [0.05, 0.1) is 12.5 Å². The van der Waals surface area contributed by atoms with Gasteiger partial charge in [-0.25, -0.2) is 4.79 Å². The molecule has 0 aromatic heterocycles.